The van der Waals surface area contributed by atoms with E-state index in [1.54, 1.807) is 43.6 Å². The number of nitrogens with two attached hydrogens (primary N) is 1. The minimum Gasteiger partial charge on any atom is -0.475 e. The summed E-state index contributed by atoms with van der Waals surface area (Å²) in [5.74, 6) is -5.07. The molecule has 0 saturated heterocycles. The Morgan fingerprint density at radius 1 is 1.00 bits per heavy atom. The number of oxazole rings is 1. The highest BCUT2D eigenvalue weighted by Gasteiger charge is 2.39. The first kappa shape index (κ1) is 37.7. The molecule has 1 saturated carbocycles. The Labute approximate surface area is 257 Å². The highest BCUT2D eigenvalue weighted by molar-refractivity contribution is 7.91. The van der Waals surface area contributed by atoms with E-state index in [9.17, 15) is 39.6 Å². The lowest BCUT2D eigenvalue weighted by molar-refractivity contribution is -0.193. The number of pyridine rings is 1. The van der Waals surface area contributed by atoms with Crippen LogP contribution < -0.4 is 11.1 Å². The number of hydrogen-bond acceptors (Lipinski definition) is 9. The van der Waals surface area contributed by atoms with Crippen molar-refractivity contribution in [1.29, 1.82) is 0 Å². The van der Waals surface area contributed by atoms with E-state index in [0.717, 1.165) is 12.0 Å². The molecule has 0 bridgehead atoms. The summed E-state index contributed by atoms with van der Waals surface area (Å²) < 4.78 is 94.7. The van der Waals surface area contributed by atoms with Gasteiger partial charge in [-0.25, -0.2) is 23.0 Å². The zero-order valence-corrected chi connectivity index (χ0v) is 24.6. The van der Waals surface area contributed by atoms with E-state index >= 15 is 0 Å². The molecule has 19 heteroatoms. The predicted molar refractivity (Wildman–Crippen MR) is 148 cm³/mol. The second kappa shape index (κ2) is 15.7. The molecule has 5 N–H and O–H groups in total. The number of carbonyl (C=O) groups is 3. The van der Waals surface area contributed by atoms with Crippen LogP contribution in [0.4, 0.5) is 26.3 Å². The average molecular weight is 683 g/mol. The molecule has 3 aromatic rings. The standard InChI is InChI=1S/C23H26N4O4S.2C2HF3O2/c1-15-21(14-32(29,30)20-9-8-19(24)11-20)27-23(31-15)18-6-4-17(5-7-18)22(28)26-13-16-3-2-10-25-12-16;2*3-2(4,5)1(6)7/h2-7,10,12,19-20H,8-9,11,13-14,24H2,1H3,(H,26,28);2*(H,6,7)/t19-,20-;;/m0../s1. The Hall–Kier alpha value is -4.52. The van der Waals surface area contributed by atoms with Crippen LogP contribution in [-0.4, -0.2) is 70.1 Å². The minimum atomic E-state index is -5.08. The van der Waals surface area contributed by atoms with Crippen molar-refractivity contribution in [3.63, 3.8) is 0 Å². The lowest BCUT2D eigenvalue weighted by Gasteiger charge is -2.10. The highest BCUT2D eigenvalue weighted by Crippen LogP contribution is 2.29. The third-order valence-electron chi connectivity index (χ3n) is 6.22. The molecule has 1 aromatic carbocycles. The van der Waals surface area contributed by atoms with E-state index in [1.807, 2.05) is 12.1 Å². The molecule has 1 aliphatic carbocycles. The van der Waals surface area contributed by atoms with E-state index < -0.39 is 39.4 Å². The van der Waals surface area contributed by atoms with Crippen LogP contribution in [0.5, 0.6) is 0 Å². The molecule has 2 heterocycles. The first-order valence-electron chi connectivity index (χ1n) is 13.0. The molecule has 46 heavy (non-hydrogen) atoms. The van der Waals surface area contributed by atoms with Crippen molar-refractivity contribution < 1.29 is 63.8 Å². The summed E-state index contributed by atoms with van der Waals surface area (Å²) in [6, 6.07) is 10.5. The molecule has 252 valence electrons. The summed E-state index contributed by atoms with van der Waals surface area (Å²) in [6.45, 7) is 2.10. The van der Waals surface area contributed by atoms with Gasteiger partial charge < -0.3 is 25.7 Å². The van der Waals surface area contributed by atoms with E-state index in [1.165, 1.54) is 0 Å². The van der Waals surface area contributed by atoms with Gasteiger partial charge in [0.2, 0.25) is 5.89 Å². The molecule has 12 nitrogen and oxygen atoms in total. The van der Waals surface area contributed by atoms with Crippen molar-refractivity contribution in [3.05, 3.63) is 71.4 Å². The Kier molecular flexibility index (Phi) is 12.8. The molecular formula is C27H28F6N4O8S. The van der Waals surface area contributed by atoms with Crippen molar-refractivity contribution in [1.82, 2.24) is 15.3 Å². The number of amides is 1. The summed E-state index contributed by atoms with van der Waals surface area (Å²) >= 11 is 0. The molecular weight excluding hydrogens is 654 g/mol. The molecule has 0 spiro atoms. The van der Waals surface area contributed by atoms with Gasteiger partial charge in [0.15, 0.2) is 9.84 Å². The maximum atomic E-state index is 12.7. The molecule has 4 rings (SSSR count). The topological polar surface area (TPSA) is 203 Å². The van der Waals surface area contributed by atoms with Crippen LogP contribution in [-0.2, 0) is 31.7 Å². The van der Waals surface area contributed by atoms with Crippen molar-refractivity contribution in [3.8, 4) is 11.5 Å². The van der Waals surface area contributed by atoms with Gasteiger partial charge in [-0.3, -0.25) is 9.78 Å². The van der Waals surface area contributed by atoms with Gasteiger partial charge in [-0.2, -0.15) is 26.3 Å². The number of halogens is 6. The maximum absolute atomic E-state index is 12.7. The van der Waals surface area contributed by atoms with Crippen LogP contribution in [0.15, 0.2) is 53.2 Å². The number of hydrogen-bond donors (Lipinski definition) is 4. The SMILES string of the molecule is Cc1oc(-c2ccc(C(=O)NCc3cccnc3)cc2)nc1CS(=O)(=O)[C@H]1CC[C@H](N)C1.O=C(O)C(F)(F)F.O=C(O)C(F)(F)F. The predicted octanol–water partition coefficient (Wildman–Crippen LogP) is 4.04. The monoisotopic (exact) mass is 682 g/mol. The fourth-order valence-corrected chi connectivity index (χ4v) is 5.76. The molecule has 0 aliphatic heterocycles. The second-order valence-corrected chi connectivity index (χ2v) is 12.0. The number of carboxylic acid groups (broad SMARTS) is 2. The smallest absolute Gasteiger partial charge is 0.475 e. The van der Waals surface area contributed by atoms with Gasteiger partial charge in [-0.1, -0.05) is 6.07 Å². The molecule has 1 aliphatic rings. The zero-order valence-electron chi connectivity index (χ0n) is 23.8. The first-order valence-corrected chi connectivity index (χ1v) is 14.7. The lowest BCUT2D eigenvalue weighted by Crippen LogP contribution is -2.23. The van der Waals surface area contributed by atoms with Crippen LogP contribution in [0.25, 0.3) is 11.5 Å². The Morgan fingerprint density at radius 3 is 2.02 bits per heavy atom. The van der Waals surface area contributed by atoms with E-state index in [0.29, 0.717) is 47.9 Å². The van der Waals surface area contributed by atoms with Crippen LogP contribution in [0.2, 0.25) is 0 Å². The average Bonchev–Trinajstić information content (AvgIpc) is 3.57. The maximum Gasteiger partial charge on any atom is 0.490 e. The van der Waals surface area contributed by atoms with Gasteiger partial charge in [-0.05, 0) is 62.1 Å². The number of benzene rings is 1. The molecule has 0 radical (unpaired) electrons. The molecule has 2 atom stereocenters. The van der Waals surface area contributed by atoms with Crippen LogP contribution in [0, 0.1) is 6.92 Å². The van der Waals surface area contributed by atoms with Crippen LogP contribution >= 0.6 is 0 Å². The van der Waals surface area contributed by atoms with Crippen molar-refractivity contribution in [2.75, 3.05) is 0 Å². The second-order valence-electron chi connectivity index (χ2n) is 9.75. The van der Waals surface area contributed by atoms with Gasteiger partial charge in [0.1, 0.15) is 5.76 Å². The molecule has 2 aromatic heterocycles. The number of alkyl halides is 6. The fourth-order valence-electron chi connectivity index (χ4n) is 3.84. The zero-order chi connectivity index (χ0) is 34.9. The minimum absolute atomic E-state index is 0.0520. The number of rotatable bonds is 7. The van der Waals surface area contributed by atoms with Crippen LogP contribution in [0.3, 0.4) is 0 Å². The number of aromatic nitrogens is 2. The number of nitrogens with one attached hydrogen (secondary N) is 1. The largest absolute Gasteiger partial charge is 0.490 e. The number of carbonyl (C=O) groups excluding carboxylic acids is 1. The fraction of sp³-hybridized carbons (Fsp3) is 0.370. The van der Waals surface area contributed by atoms with Crippen molar-refractivity contribution >= 4 is 27.7 Å². The van der Waals surface area contributed by atoms with Gasteiger partial charge >= 0.3 is 24.3 Å². The van der Waals surface area contributed by atoms with Crippen molar-refractivity contribution in [2.45, 2.75) is 62.1 Å². The number of nitrogens with zero attached hydrogens (tertiary/aromatic N) is 2. The summed E-state index contributed by atoms with van der Waals surface area (Å²) in [4.78, 5) is 38.6. The van der Waals surface area contributed by atoms with Gasteiger partial charge in [0, 0.05) is 36.1 Å². The number of aryl methyl sites for hydroxylation is 1. The number of carboxylic acids is 2. The third-order valence-corrected chi connectivity index (χ3v) is 8.34. The molecule has 0 unspecified atom stereocenters. The van der Waals surface area contributed by atoms with Crippen molar-refractivity contribution in [2.24, 2.45) is 5.73 Å². The summed E-state index contributed by atoms with van der Waals surface area (Å²) in [6.07, 6.45) is -4.96. The number of sulfone groups is 1. The van der Waals surface area contributed by atoms with Gasteiger partial charge in [0.25, 0.3) is 5.91 Å². The van der Waals surface area contributed by atoms with E-state index in [-0.39, 0.29) is 17.7 Å². The van der Waals surface area contributed by atoms with Gasteiger partial charge in [-0.15, -0.1) is 0 Å². The molecule has 1 fully saturated rings. The third kappa shape index (κ3) is 11.8. The highest BCUT2D eigenvalue weighted by atomic mass is 32.2. The van der Waals surface area contributed by atoms with Gasteiger partial charge in [0.05, 0.1) is 16.7 Å². The molecule has 1 amide bonds. The number of aliphatic carboxylic acids is 2. The normalized spacial score (nSPS) is 16.3. The Bertz CT molecular complexity index is 1570. The first-order chi connectivity index (χ1) is 21.2. The Balaban J connectivity index is 0.000000440. The van der Waals surface area contributed by atoms with Crippen LogP contribution in [0.1, 0.15) is 46.6 Å². The summed E-state index contributed by atoms with van der Waals surface area (Å²) in [7, 11) is -3.34. The quantitative estimate of drug-likeness (QED) is 0.262. The van der Waals surface area contributed by atoms with E-state index in [2.05, 4.69) is 15.3 Å². The Morgan fingerprint density at radius 2 is 1.57 bits per heavy atom. The summed E-state index contributed by atoms with van der Waals surface area (Å²) in [5, 5.41) is 16.7. The van der Waals surface area contributed by atoms with E-state index in [4.69, 9.17) is 30.0 Å². The lowest BCUT2D eigenvalue weighted by atomic mass is 10.1. The summed E-state index contributed by atoms with van der Waals surface area (Å²) in [5.41, 5.74) is 8.38.